The predicted octanol–water partition coefficient (Wildman–Crippen LogP) is 1.72. The Kier molecular flexibility index (Phi) is 1.21. The van der Waals surface area contributed by atoms with Crippen LogP contribution in [0.1, 0.15) is 27.2 Å². The third kappa shape index (κ3) is 0.897. The van der Waals surface area contributed by atoms with Gasteiger partial charge in [-0.25, -0.2) is 0 Å². The summed E-state index contributed by atoms with van der Waals surface area (Å²) in [6.45, 7) is 6.01. The van der Waals surface area contributed by atoms with Crippen molar-refractivity contribution < 1.29 is 5.11 Å². The van der Waals surface area contributed by atoms with Gasteiger partial charge < -0.3 is 5.11 Å². The van der Waals surface area contributed by atoms with Crippen LogP contribution in [0.4, 0.5) is 0 Å². The number of aliphatic hydroxyl groups is 1. The van der Waals surface area contributed by atoms with Gasteiger partial charge >= 0.3 is 0 Å². The molecule has 0 aromatic carbocycles. The van der Waals surface area contributed by atoms with Crippen molar-refractivity contribution in [2.75, 3.05) is 0 Å². The lowest BCUT2D eigenvalue weighted by molar-refractivity contribution is 0.00575. The zero-order valence-electron chi connectivity index (χ0n) is 6.31. The van der Waals surface area contributed by atoms with Gasteiger partial charge in [0.1, 0.15) is 0 Å². The van der Waals surface area contributed by atoms with Crippen LogP contribution in [0, 0.1) is 5.41 Å². The molecule has 0 saturated heterocycles. The Morgan fingerprint density at radius 3 is 2.00 bits per heavy atom. The average Bonchev–Trinajstić information content (AvgIpc) is 1.81. The van der Waals surface area contributed by atoms with Crippen LogP contribution in [0.3, 0.4) is 0 Å². The third-order valence-corrected chi connectivity index (χ3v) is 2.44. The van der Waals surface area contributed by atoms with Crippen LogP contribution in [0.5, 0.6) is 0 Å². The van der Waals surface area contributed by atoms with E-state index in [9.17, 15) is 5.11 Å². The molecule has 1 heteroatoms. The van der Waals surface area contributed by atoms with Gasteiger partial charge in [0.05, 0.1) is 5.60 Å². The molecule has 0 aromatic heterocycles. The van der Waals surface area contributed by atoms with E-state index in [1.54, 1.807) is 0 Å². The first-order chi connectivity index (χ1) is 3.96. The van der Waals surface area contributed by atoms with Crippen LogP contribution in [-0.2, 0) is 0 Å². The highest BCUT2D eigenvalue weighted by molar-refractivity contribution is 5.14. The molecule has 0 spiro atoms. The summed E-state index contributed by atoms with van der Waals surface area (Å²) in [7, 11) is 0. The van der Waals surface area contributed by atoms with E-state index in [4.69, 9.17) is 0 Å². The molecular formula is C8H14O. The van der Waals surface area contributed by atoms with Crippen LogP contribution in [-0.4, -0.2) is 10.7 Å². The van der Waals surface area contributed by atoms with Crippen LogP contribution >= 0.6 is 0 Å². The minimum Gasteiger partial charge on any atom is -0.386 e. The van der Waals surface area contributed by atoms with Crippen molar-refractivity contribution in [1.82, 2.24) is 0 Å². The number of allylic oxidation sites excluding steroid dienone is 1. The molecule has 1 aliphatic carbocycles. The van der Waals surface area contributed by atoms with Gasteiger partial charge in [-0.1, -0.05) is 26.0 Å². The molecular weight excluding hydrogens is 112 g/mol. The average molecular weight is 126 g/mol. The SMILES string of the molecule is CC1(O)C=CCC1(C)C. The van der Waals surface area contributed by atoms with Crippen molar-refractivity contribution in [3.8, 4) is 0 Å². The number of hydrogen-bond donors (Lipinski definition) is 1. The molecule has 0 aliphatic heterocycles. The standard InChI is InChI=1S/C8H14O/c1-7(2)5-4-6-8(7,3)9/h4,6,9H,5H2,1-3H3. The molecule has 9 heavy (non-hydrogen) atoms. The molecule has 1 rings (SSSR count). The van der Waals surface area contributed by atoms with E-state index >= 15 is 0 Å². The van der Waals surface area contributed by atoms with E-state index in [0.29, 0.717) is 0 Å². The second-order valence-electron chi connectivity index (χ2n) is 3.64. The van der Waals surface area contributed by atoms with E-state index in [-0.39, 0.29) is 5.41 Å². The van der Waals surface area contributed by atoms with Crippen molar-refractivity contribution in [2.45, 2.75) is 32.8 Å². The lowest BCUT2D eigenvalue weighted by Gasteiger charge is -2.32. The zero-order chi connectivity index (χ0) is 7.12. The summed E-state index contributed by atoms with van der Waals surface area (Å²) in [4.78, 5) is 0. The van der Waals surface area contributed by atoms with E-state index in [1.807, 2.05) is 19.1 Å². The van der Waals surface area contributed by atoms with E-state index in [0.717, 1.165) is 6.42 Å². The minimum atomic E-state index is -0.590. The fourth-order valence-corrected chi connectivity index (χ4v) is 1.02. The maximum atomic E-state index is 9.64. The molecule has 1 nitrogen and oxygen atoms in total. The Hall–Kier alpha value is -0.300. The molecule has 0 bridgehead atoms. The summed E-state index contributed by atoms with van der Waals surface area (Å²) in [6.07, 6.45) is 4.91. The molecule has 1 N–H and O–H groups in total. The maximum Gasteiger partial charge on any atom is 0.0853 e. The Balaban J connectivity index is 2.84. The van der Waals surface area contributed by atoms with Gasteiger partial charge in [0.25, 0.3) is 0 Å². The molecule has 0 radical (unpaired) electrons. The lowest BCUT2D eigenvalue weighted by Crippen LogP contribution is -2.35. The largest absolute Gasteiger partial charge is 0.386 e. The molecule has 0 amide bonds. The van der Waals surface area contributed by atoms with E-state index in [1.165, 1.54) is 0 Å². The van der Waals surface area contributed by atoms with Crippen molar-refractivity contribution >= 4 is 0 Å². The Morgan fingerprint density at radius 2 is 1.89 bits per heavy atom. The smallest absolute Gasteiger partial charge is 0.0853 e. The third-order valence-electron chi connectivity index (χ3n) is 2.44. The summed E-state index contributed by atoms with van der Waals surface area (Å²) in [6, 6.07) is 0. The first-order valence-electron chi connectivity index (χ1n) is 3.36. The quantitative estimate of drug-likeness (QED) is 0.490. The molecule has 52 valence electrons. The molecule has 0 saturated carbocycles. The molecule has 0 fully saturated rings. The highest BCUT2D eigenvalue weighted by atomic mass is 16.3. The maximum absolute atomic E-state index is 9.64. The number of hydrogen-bond acceptors (Lipinski definition) is 1. The van der Waals surface area contributed by atoms with Gasteiger partial charge in [-0.3, -0.25) is 0 Å². The van der Waals surface area contributed by atoms with E-state index < -0.39 is 5.60 Å². The van der Waals surface area contributed by atoms with Gasteiger partial charge in [-0.05, 0) is 13.3 Å². The number of rotatable bonds is 0. The second kappa shape index (κ2) is 1.60. The van der Waals surface area contributed by atoms with Crippen LogP contribution in [0.25, 0.3) is 0 Å². The highest BCUT2D eigenvalue weighted by Crippen LogP contribution is 2.40. The summed E-state index contributed by atoms with van der Waals surface area (Å²) in [5.41, 5.74) is -0.556. The van der Waals surface area contributed by atoms with Crippen molar-refractivity contribution in [1.29, 1.82) is 0 Å². The van der Waals surface area contributed by atoms with Gasteiger partial charge in [0, 0.05) is 5.41 Å². The highest BCUT2D eigenvalue weighted by Gasteiger charge is 2.39. The van der Waals surface area contributed by atoms with Crippen molar-refractivity contribution in [3.63, 3.8) is 0 Å². The predicted molar refractivity (Wildman–Crippen MR) is 38.2 cm³/mol. The lowest BCUT2D eigenvalue weighted by atomic mass is 9.79. The van der Waals surface area contributed by atoms with Crippen molar-refractivity contribution in [3.05, 3.63) is 12.2 Å². The van der Waals surface area contributed by atoms with Gasteiger partial charge in [0.2, 0.25) is 0 Å². The first kappa shape index (κ1) is 6.81. The Labute approximate surface area is 56.4 Å². The summed E-state index contributed by atoms with van der Waals surface area (Å²) < 4.78 is 0. The topological polar surface area (TPSA) is 20.2 Å². The van der Waals surface area contributed by atoms with Crippen LogP contribution < -0.4 is 0 Å². The van der Waals surface area contributed by atoms with Crippen molar-refractivity contribution in [2.24, 2.45) is 5.41 Å². The zero-order valence-corrected chi connectivity index (χ0v) is 6.31. The summed E-state index contributed by atoms with van der Waals surface area (Å²) in [5, 5.41) is 9.64. The van der Waals surface area contributed by atoms with Gasteiger partial charge in [0.15, 0.2) is 0 Å². The fraction of sp³-hybridized carbons (Fsp3) is 0.750. The molecule has 1 atom stereocenters. The Bertz CT molecular complexity index is 143. The molecule has 1 unspecified atom stereocenters. The molecule has 0 heterocycles. The van der Waals surface area contributed by atoms with Crippen LogP contribution in [0.2, 0.25) is 0 Å². The van der Waals surface area contributed by atoms with E-state index in [2.05, 4.69) is 13.8 Å². The monoisotopic (exact) mass is 126 g/mol. The molecule has 1 aliphatic rings. The first-order valence-corrected chi connectivity index (χ1v) is 3.36. The Morgan fingerprint density at radius 1 is 1.33 bits per heavy atom. The summed E-state index contributed by atoms with van der Waals surface area (Å²) >= 11 is 0. The fourth-order valence-electron chi connectivity index (χ4n) is 1.02. The minimum absolute atomic E-state index is 0.0347. The summed E-state index contributed by atoms with van der Waals surface area (Å²) in [5.74, 6) is 0. The molecule has 0 aromatic rings. The normalized spacial score (nSPS) is 39.6. The van der Waals surface area contributed by atoms with Gasteiger partial charge in [-0.2, -0.15) is 0 Å². The van der Waals surface area contributed by atoms with Crippen LogP contribution in [0.15, 0.2) is 12.2 Å². The second-order valence-corrected chi connectivity index (χ2v) is 3.64. The van der Waals surface area contributed by atoms with Gasteiger partial charge in [-0.15, -0.1) is 0 Å².